The fourth-order valence-corrected chi connectivity index (χ4v) is 4.87. The van der Waals surface area contributed by atoms with Crippen LogP contribution in [0.2, 0.25) is 0 Å². The van der Waals surface area contributed by atoms with Gasteiger partial charge in [-0.3, -0.25) is 0 Å². The zero-order valence-electron chi connectivity index (χ0n) is 17.8. The highest BCUT2D eigenvalue weighted by atomic mass is 79.9. The number of rotatable bonds is 9. The average molecular weight is 504 g/mol. The van der Waals surface area contributed by atoms with Crippen LogP contribution < -0.4 is 9.47 Å². The van der Waals surface area contributed by atoms with Gasteiger partial charge in [0.1, 0.15) is 11.5 Å². The molecule has 0 saturated carbocycles. The number of methoxy groups -OCH3 is 2. The first-order valence-electron chi connectivity index (χ1n) is 9.83. The summed E-state index contributed by atoms with van der Waals surface area (Å²) in [6.45, 7) is 2.49. The molecule has 0 spiro atoms. The van der Waals surface area contributed by atoms with Gasteiger partial charge in [0.05, 0.1) is 19.1 Å². The van der Waals surface area contributed by atoms with Gasteiger partial charge in [-0.15, -0.1) is 0 Å². The third-order valence-electron chi connectivity index (χ3n) is 5.01. The summed E-state index contributed by atoms with van der Waals surface area (Å²) in [4.78, 5) is 0.422. The molecule has 0 bridgehead atoms. The smallest absolute Gasteiger partial charge is 0.243 e. The van der Waals surface area contributed by atoms with Crippen molar-refractivity contribution in [2.75, 3.05) is 14.2 Å². The normalized spacial score (nSPS) is 12.5. The molecule has 3 rings (SSSR count). The summed E-state index contributed by atoms with van der Waals surface area (Å²) in [6.07, 6.45) is 0. The third kappa shape index (κ3) is 5.87. The van der Waals surface area contributed by atoms with Crippen molar-refractivity contribution >= 4 is 26.0 Å². The van der Waals surface area contributed by atoms with Gasteiger partial charge >= 0.3 is 0 Å². The molecule has 0 fully saturated rings. The highest BCUT2D eigenvalue weighted by molar-refractivity contribution is 9.09. The summed E-state index contributed by atoms with van der Waals surface area (Å²) in [5.74, 6) is 1.46. The van der Waals surface area contributed by atoms with Gasteiger partial charge in [0.25, 0.3) is 0 Å². The molecule has 0 aromatic heterocycles. The van der Waals surface area contributed by atoms with E-state index in [1.807, 2.05) is 67.6 Å². The third-order valence-corrected chi connectivity index (χ3v) is 7.35. The minimum atomic E-state index is -3.72. The van der Waals surface area contributed by atoms with Gasteiger partial charge in [0.15, 0.2) is 0 Å². The van der Waals surface area contributed by atoms with Crippen LogP contribution in [0.3, 0.4) is 0 Å². The maximum atomic E-state index is 13.5. The summed E-state index contributed by atoms with van der Waals surface area (Å²) in [5, 5.41) is 0. The second-order valence-corrected chi connectivity index (χ2v) is 10.5. The lowest BCUT2D eigenvalue weighted by Gasteiger charge is -2.23. The first-order valence-corrected chi connectivity index (χ1v) is 12.2. The molecule has 0 aliphatic carbocycles. The Morgan fingerprint density at radius 2 is 1.19 bits per heavy atom. The van der Waals surface area contributed by atoms with Gasteiger partial charge in [-0.2, -0.15) is 4.31 Å². The number of sulfonamides is 1. The Kier molecular flexibility index (Phi) is 7.75. The molecule has 0 amide bonds. The zero-order valence-corrected chi connectivity index (χ0v) is 20.2. The van der Waals surface area contributed by atoms with E-state index in [1.165, 1.54) is 4.31 Å². The summed E-state index contributed by atoms with van der Waals surface area (Å²) < 4.78 is 39.0. The Hall–Kier alpha value is -2.35. The fraction of sp³-hybridized carbons (Fsp3) is 0.250. The number of alkyl halides is 1. The van der Waals surface area contributed by atoms with Gasteiger partial charge < -0.3 is 9.47 Å². The minimum Gasteiger partial charge on any atom is -0.497 e. The summed E-state index contributed by atoms with van der Waals surface area (Å²) >= 11 is 3.52. The molecule has 0 radical (unpaired) electrons. The molecule has 1 unspecified atom stereocenters. The van der Waals surface area contributed by atoms with Gasteiger partial charge in [0, 0.05) is 17.9 Å². The summed E-state index contributed by atoms with van der Waals surface area (Å²) in [7, 11) is -0.508. The second-order valence-electron chi connectivity index (χ2n) is 7.15. The van der Waals surface area contributed by atoms with E-state index in [9.17, 15) is 8.42 Å². The molecule has 0 aliphatic heterocycles. The van der Waals surface area contributed by atoms with Crippen LogP contribution in [-0.4, -0.2) is 26.9 Å². The van der Waals surface area contributed by atoms with Gasteiger partial charge in [-0.25, -0.2) is 8.42 Å². The van der Waals surface area contributed by atoms with Crippen LogP contribution in [0.25, 0.3) is 0 Å². The van der Waals surface area contributed by atoms with E-state index in [-0.39, 0.29) is 22.8 Å². The highest BCUT2D eigenvalue weighted by Gasteiger charge is 2.25. The minimum absolute atomic E-state index is 0.152. The number of hydrogen-bond acceptors (Lipinski definition) is 4. The van der Waals surface area contributed by atoms with E-state index in [2.05, 4.69) is 15.9 Å². The Balaban J connectivity index is 1.93. The van der Waals surface area contributed by atoms with Crippen molar-refractivity contribution in [3.05, 3.63) is 89.5 Å². The topological polar surface area (TPSA) is 55.8 Å². The van der Waals surface area contributed by atoms with Crippen LogP contribution in [0.1, 0.15) is 28.4 Å². The molecule has 5 nitrogen and oxygen atoms in total. The van der Waals surface area contributed by atoms with Gasteiger partial charge in [0.2, 0.25) is 10.0 Å². The molecule has 1 atom stereocenters. The Labute approximate surface area is 192 Å². The maximum Gasteiger partial charge on any atom is 0.243 e. The first kappa shape index (κ1) is 23.3. The lowest BCUT2D eigenvalue weighted by molar-refractivity contribution is 0.397. The van der Waals surface area contributed by atoms with E-state index in [0.29, 0.717) is 0 Å². The van der Waals surface area contributed by atoms with E-state index in [1.54, 1.807) is 26.4 Å². The van der Waals surface area contributed by atoms with Gasteiger partial charge in [-0.1, -0.05) is 52.3 Å². The van der Waals surface area contributed by atoms with Crippen molar-refractivity contribution in [2.24, 2.45) is 0 Å². The van der Waals surface area contributed by atoms with Crippen molar-refractivity contribution in [1.82, 2.24) is 4.31 Å². The van der Waals surface area contributed by atoms with Crippen LogP contribution in [0.15, 0.2) is 77.7 Å². The molecule has 0 aliphatic rings. The number of ether oxygens (including phenoxy) is 2. The SMILES string of the molecule is COc1ccc(CN(Cc2ccc(OC)cc2)S(=O)(=O)c2ccc(C(C)Br)cc2)cc1. The standard InChI is InChI=1S/C24H26BrNO4S/c1-18(25)21-8-14-24(15-9-21)31(27,28)26(16-19-4-10-22(29-2)11-5-19)17-20-6-12-23(30-3)13-7-20/h4-15,18H,16-17H2,1-3H3. The second kappa shape index (κ2) is 10.3. The number of benzene rings is 3. The molecule has 0 heterocycles. The fourth-order valence-electron chi connectivity index (χ4n) is 3.15. The van der Waals surface area contributed by atoms with Gasteiger partial charge in [-0.05, 0) is 60.0 Å². The number of nitrogens with zero attached hydrogens (tertiary/aromatic N) is 1. The van der Waals surface area contributed by atoms with Crippen LogP contribution in [0.4, 0.5) is 0 Å². The zero-order chi connectivity index (χ0) is 22.4. The number of halogens is 1. The Bertz CT molecular complexity index is 1030. The Morgan fingerprint density at radius 1 is 0.774 bits per heavy atom. The molecule has 3 aromatic rings. The van der Waals surface area contributed by atoms with E-state index in [0.717, 1.165) is 28.2 Å². The van der Waals surface area contributed by atoms with Crippen molar-refractivity contribution in [3.63, 3.8) is 0 Å². The molecule has 31 heavy (non-hydrogen) atoms. The highest BCUT2D eigenvalue weighted by Crippen LogP contribution is 2.26. The molecule has 164 valence electrons. The molecular formula is C24H26BrNO4S. The maximum absolute atomic E-state index is 13.5. The molecular weight excluding hydrogens is 478 g/mol. The van der Waals surface area contributed by atoms with Crippen molar-refractivity contribution in [3.8, 4) is 11.5 Å². The lowest BCUT2D eigenvalue weighted by Crippen LogP contribution is -2.30. The van der Waals surface area contributed by atoms with Crippen molar-refractivity contribution < 1.29 is 17.9 Å². The monoisotopic (exact) mass is 503 g/mol. The van der Waals surface area contributed by atoms with Crippen LogP contribution >= 0.6 is 15.9 Å². The predicted molar refractivity (Wildman–Crippen MR) is 126 cm³/mol. The summed E-state index contributed by atoms with van der Waals surface area (Å²) in [6, 6.07) is 21.9. The quantitative estimate of drug-likeness (QED) is 0.359. The van der Waals surface area contributed by atoms with E-state index in [4.69, 9.17) is 9.47 Å². The van der Waals surface area contributed by atoms with E-state index >= 15 is 0 Å². The molecule has 0 N–H and O–H groups in total. The van der Waals surface area contributed by atoms with Crippen molar-refractivity contribution in [2.45, 2.75) is 29.7 Å². The molecule has 0 saturated heterocycles. The largest absolute Gasteiger partial charge is 0.497 e. The van der Waals surface area contributed by atoms with Crippen LogP contribution in [-0.2, 0) is 23.1 Å². The van der Waals surface area contributed by atoms with Crippen LogP contribution in [0.5, 0.6) is 11.5 Å². The van der Waals surface area contributed by atoms with Crippen LogP contribution in [0, 0.1) is 0 Å². The average Bonchev–Trinajstić information content (AvgIpc) is 2.79. The molecule has 3 aromatic carbocycles. The predicted octanol–water partition coefficient (Wildman–Crippen LogP) is 5.55. The molecule has 7 heteroatoms. The summed E-state index contributed by atoms with van der Waals surface area (Å²) in [5.41, 5.74) is 2.78. The van der Waals surface area contributed by atoms with E-state index < -0.39 is 10.0 Å². The lowest BCUT2D eigenvalue weighted by atomic mass is 10.2. The first-order chi connectivity index (χ1) is 14.8. The number of hydrogen-bond donors (Lipinski definition) is 0. The Morgan fingerprint density at radius 3 is 1.55 bits per heavy atom. The van der Waals surface area contributed by atoms with Crippen molar-refractivity contribution in [1.29, 1.82) is 0 Å².